The third kappa shape index (κ3) is 4.56. The minimum Gasteiger partial charge on any atom is -0.378 e. The Labute approximate surface area is 132 Å². The molecule has 2 rings (SSSR count). The lowest BCUT2D eigenvalue weighted by molar-refractivity contribution is 0.487. The molecular formula is C14H23IN4. The predicted octanol–water partition coefficient (Wildman–Crippen LogP) is 2.28. The van der Waals surface area contributed by atoms with Gasteiger partial charge >= 0.3 is 0 Å². The molecule has 1 saturated carbocycles. The van der Waals surface area contributed by atoms with Crippen LogP contribution in [0.1, 0.15) is 18.4 Å². The Kier molecular flexibility index (Phi) is 5.90. The maximum Gasteiger partial charge on any atom is 0.191 e. The molecule has 1 aromatic carbocycles. The fourth-order valence-corrected chi connectivity index (χ4v) is 1.83. The Morgan fingerprint density at radius 3 is 2.26 bits per heavy atom. The molecule has 106 valence electrons. The highest BCUT2D eigenvalue weighted by molar-refractivity contribution is 14.0. The van der Waals surface area contributed by atoms with Crippen LogP contribution in [-0.2, 0) is 6.54 Å². The Hall–Kier alpha value is -0.980. The summed E-state index contributed by atoms with van der Waals surface area (Å²) in [5.41, 5.74) is 8.34. The molecule has 0 unspecified atom stereocenters. The number of hydrogen-bond acceptors (Lipinski definition) is 2. The van der Waals surface area contributed by atoms with Gasteiger partial charge in [-0.2, -0.15) is 0 Å². The third-order valence-corrected chi connectivity index (χ3v) is 3.33. The first-order chi connectivity index (χ1) is 8.58. The summed E-state index contributed by atoms with van der Waals surface area (Å²) < 4.78 is 0. The predicted molar refractivity (Wildman–Crippen MR) is 92.3 cm³/mol. The van der Waals surface area contributed by atoms with Gasteiger partial charge in [0.05, 0.1) is 6.54 Å². The van der Waals surface area contributed by atoms with Crippen molar-refractivity contribution >= 4 is 35.6 Å². The number of rotatable bonds is 4. The van der Waals surface area contributed by atoms with E-state index in [-0.39, 0.29) is 24.0 Å². The highest BCUT2D eigenvalue weighted by Crippen LogP contribution is 2.25. The maximum atomic E-state index is 5.95. The molecular weight excluding hydrogens is 351 g/mol. The number of halogens is 1. The first kappa shape index (κ1) is 16.1. The zero-order chi connectivity index (χ0) is 13.1. The molecule has 1 fully saturated rings. The molecule has 0 aromatic heterocycles. The number of aliphatic imine (C=N–C) groups is 1. The second-order valence-electron chi connectivity index (χ2n) is 5.08. The SMILES string of the molecule is CN(C)c1ccc(CN=C(N)N(C)C2CC2)cc1.I. The highest BCUT2D eigenvalue weighted by Gasteiger charge is 2.27. The van der Waals surface area contributed by atoms with Gasteiger partial charge in [-0.15, -0.1) is 24.0 Å². The second kappa shape index (κ2) is 6.98. The van der Waals surface area contributed by atoms with E-state index >= 15 is 0 Å². The van der Waals surface area contributed by atoms with Crippen LogP contribution in [0.3, 0.4) is 0 Å². The monoisotopic (exact) mass is 374 g/mol. The summed E-state index contributed by atoms with van der Waals surface area (Å²) in [5, 5.41) is 0. The van der Waals surface area contributed by atoms with E-state index in [2.05, 4.69) is 39.1 Å². The largest absolute Gasteiger partial charge is 0.378 e. The molecule has 0 heterocycles. The van der Waals surface area contributed by atoms with E-state index in [4.69, 9.17) is 5.73 Å². The fraction of sp³-hybridized carbons (Fsp3) is 0.500. The third-order valence-electron chi connectivity index (χ3n) is 3.33. The van der Waals surface area contributed by atoms with Crippen molar-refractivity contribution < 1.29 is 0 Å². The summed E-state index contributed by atoms with van der Waals surface area (Å²) in [6, 6.07) is 9.02. The molecule has 0 saturated heterocycles. The number of nitrogens with two attached hydrogens (primary N) is 1. The fourth-order valence-electron chi connectivity index (χ4n) is 1.83. The Morgan fingerprint density at radius 1 is 1.21 bits per heavy atom. The molecule has 0 radical (unpaired) electrons. The van der Waals surface area contributed by atoms with Gasteiger partial charge in [-0.05, 0) is 30.5 Å². The zero-order valence-electron chi connectivity index (χ0n) is 11.8. The van der Waals surface area contributed by atoms with Crippen molar-refractivity contribution in [3.8, 4) is 0 Å². The van der Waals surface area contributed by atoms with E-state index in [1.54, 1.807) is 0 Å². The Morgan fingerprint density at radius 2 is 1.79 bits per heavy atom. The van der Waals surface area contributed by atoms with Crippen LogP contribution in [0.5, 0.6) is 0 Å². The van der Waals surface area contributed by atoms with Crippen molar-refractivity contribution in [1.29, 1.82) is 0 Å². The first-order valence-electron chi connectivity index (χ1n) is 6.37. The van der Waals surface area contributed by atoms with Gasteiger partial charge in [0.15, 0.2) is 5.96 Å². The lowest BCUT2D eigenvalue weighted by atomic mass is 10.2. The van der Waals surface area contributed by atoms with E-state index in [9.17, 15) is 0 Å². The number of benzene rings is 1. The summed E-state index contributed by atoms with van der Waals surface area (Å²) in [5.74, 6) is 0.647. The van der Waals surface area contributed by atoms with Crippen LogP contribution in [0.25, 0.3) is 0 Å². The van der Waals surface area contributed by atoms with Crippen molar-refractivity contribution in [2.45, 2.75) is 25.4 Å². The van der Waals surface area contributed by atoms with E-state index in [0.29, 0.717) is 18.5 Å². The molecule has 1 aliphatic carbocycles. The van der Waals surface area contributed by atoms with Gasteiger partial charge in [0.25, 0.3) is 0 Å². The molecule has 4 nitrogen and oxygen atoms in total. The molecule has 2 N–H and O–H groups in total. The minimum absolute atomic E-state index is 0. The minimum atomic E-state index is 0. The molecule has 0 amide bonds. The van der Waals surface area contributed by atoms with Crippen molar-refractivity contribution in [3.63, 3.8) is 0 Å². The quantitative estimate of drug-likeness (QED) is 0.500. The summed E-state index contributed by atoms with van der Waals surface area (Å²) >= 11 is 0. The van der Waals surface area contributed by atoms with Gasteiger partial charge in [0, 0.05) is 32.9 Å². The van der Waals surface area contributed by atoms with Crippen molar-refractivity contribution in [2.75, 3.05) is 26.0 Å². The number of hydrogen-bond donors (Lipinski definition) is 1. The molecule has 0 spiro atoms. The summed E-state index contributed by atoms with van der Waals surface area (Å²) in [7, 11) is 6.09. The first-order valence-corrected chi connectivity index (χ1v) is 6.37. The van der Waals surface area contributed by atoms with Crippen LogP contribution in [0.15, 0.2) is 29.3 Å². The van der Waals surface area contributed by atoms with Gasteiger partial charge in [0.2, 0.25) is 0 Å². The smallest absolute Gasteiger partial charge is 0.191 e. The van der Waals surface area contributed by atoms with Gasteiger partial charge < -0.3 is 15.5 Å². The maximum absolute atomic E-state index is 5.95. The topological polar surface area (TPSA) is 44.9 Å². The van der Waals surface area contributed by atoms with Crippen LogP contribution in [0, 0.1) is 0 Å². The van der Waals surface area contributed by atoms with Crippen LogP contribution in [0.4, 0.5) is 5.69 Å². The van der Waals surface area contributed by atoms with Crippen LogP contribution < -0.4 is 10.6 Å². The lowest BCUT2D eigenvalue weighted by Crippen LogP contribution is -2.35. The average Bonchev–Trinajstić information content (AvgIpc) is 3.19. The molecule has 1 aliphatic rings. The van der Waals surface area contributed by atoms with Crippen molar-refractivity contribution in [2.24, 2.45) is 10.7 Å². The molecule has 0 bridgehead atoms. The standard InChI is InChI=1S/C14H22N4.HI/c1-17(2)12-6-4-11(5-7-12)10-16-14(15)18(3)13-8-9-13;/h4-7,13H,8-10H2,1-3H3,(H2,15,16);1H. The normalized spacial score (nSPS) is 14.8. The van der Waals surface area contributed by atoms with Crippen LogP contribution in [-0.4, -0.2) is 38.0 Å². The summed E-state index contributed by atoms with van der Waals surface area (Å²) in [4.78, 5) is 8.60. The summed E-state index contributed by atoms with van der Waals surface area (Å²) in [6.07, 6.45) is 2.48. The summed E-state index contributed by atoms with van der Waals surface area (Å²) in [6.45, 7) is 0.649. The molecule has 0 atom stereocenters. The average molecular weight is 374 g/mol. The lowest BCUT2D eigenvalue weighted by Gasteiger charge is -2.17. The van der Waals surface area contributed by atoms with E-state index in [0.717, 1.165) is 0 Å². The number of guanidine groups is 1. The molecule has 0 aliphatic heterocycles. The Bertz CT molecular complexity index is 424. The van der Waals surface area contributed by atoms with E-state index in [1.807, 2.05) is 21.1 Å². The number of anilines is 1. The Balaban J connectivity index is 0.00000180. The van der Waals surface area contributed by atoms with Crippen LogP contribution >= 0.6 is 24.0 Å². The van der Waals surface area contributed by atoms with E-state index < -0.39 is 0 Å². The van der Waals surface area contributed by atoms with Crippen molar-refractivity contribution in [3.05, 3.63) is 29.8 Å². The van der Waals surface area contributed by atoms with Gasteiger partial charge in [-0.3, -0.25) is 0 Å². The van der Waals surface area contributed by atoms with Gasteiger partial charge in [-0.1, -0.05) is 12.1 Å². The van der Waals surface area contributed by atoms with Crippen LogP contribution in [0.2, 0.25) is 0 Å². The second-order valence-corrected chi connectivity index (χ2v) is 5.08. The molecule has 5 heteroatoms. The molecule has 1 aromatic rings. The van der Waals surface area contributed by atoms with Gasteiger partial charge in [-0.25, -0.2) is 4.99 Å². The van der Waals surface area contributed by atoms with E-state index in [1.165, 1.54) is 24.1 Å². The number of nitrogens with zero attached hydrogens (tertiary/aromatic N) is 3. The van der Waals surface area contributed by atoms with Gasteiger partial charge in [0.1, 0.15) is 0 Å². The molecule has 19 heavy (non-hydrogen) atoms. The zero-order valence-corrected chi connectivity index (χ0v) is 14.2. The highest BCUT2D eigenvalue weighted by atomic mass is 127. The van der Waals surface area contributed by atoms with Crippen molar-refractivity contribution in [1.82, 2.24) is 4.90 Å².